The lowest BCUT2D eigenvalue weighted by Gasteiger charge is -2.11. The third-order valence-corrected chi connectivity index (χ3v) is 3.27. The van der Waals surface area contributed by atoms with Crippen LogP contribution in [0.5, 0.6) is 5.88 Å². The summed E-state index contributed by atoms with van der Waals surface area (Å²) < 4.78 is 19.9. The molecule has 0 unspecified atom stereocenters. The lowest BCUT2D eigenvalue weighted by atomic mass is 10.2. The van der Waals surface area contributed by atoms with Crippen molar-refractivity contribution in [1.82, 2.24) is 10.3 Å². The van der Waals surface area contributed by atoms with Crippen LogP contribution in [0.15, 0.2) is 41.0 Å². The number of benzene rings is 1. The molecular weight excluding hydrogens is 323 g/mol. The summed E-state index contributed by atoms with van der Waals surface area (Å²) in [7, 11) is 0. The average Bonchev–Trinajstić information content (AvgIpc) is 2.46. The van der Waals surface area contributed by atoms with E-state index in [1.807, 2.05) is 31.2 Å². The summed E-state index contributed by atoms with van der Waals surface area (Å²) in [5, 5.41) is 3.14. The van der Waals surface area contributed by atoms with Gasteiger partial charge < -0.3 is 10.1 Å². The summed E-state index contributed by atoms with van der Waals surface area (Å²) in [6.45, 7) is 3.75. The standard InChI is InChI=1S/C15H16BrFN2O/c1-2-18-8-12-7-14(17)9-19-15(12)20-10-11-3-5-13(16)6-4-11/h3-7,9,18H,2,8,10H2,1H3. The van der Waals surface area contributed by atoms with Gasteiger partial charge in [-0.1, -0.05) is 35.0 Å². The molecule has 1 heterocycles. The Morgan fingerprint density at radius 1 is 1.30 bits per heavy atom. The molecule has 0 aliphatic carbocycles. The van der Waals surface area contributed by atoms with E-state index in [1.165, 1.54) is 12.3 Å². The molecule has 20 heavy (non-hydrogen) atoms. The third-order valence-electron chi connectivity index (χ3n) is 2.75. The number of rotatable bonds is 6. The molecule has 0 aliphatic heterocycles. The van der Waals surface area contributed by atoms with E-state index < -0.39 is 0 Å². The van der Waals surface area contributed by atoms with Gasteiger partial charge in [-0.25, -0.2) is 9.37 Å². The molecule has 1 N–H and O–H groups in total. The summed E-state index contributed by atoms with van der Waals surface area (Å²) in [6, 6.07) is 9.30. The zero-order valence-corrected chi connectivity index (χ0v) is 12.8. The first-order chi connectivity index (χ1) is 9.69. The van der Waals surface area contributed by atoms with E-state index >= 15 is 0 Å². The van der Waals surface area contributed by atoms with E-state index in [-0.39, 0.29) is 5.82 Å². The van der Waals surface area contributed by atoms with Gasteiger partial charge >= 0.3 is 0 Å². The van der Waals surface area contributed by atoms with Gasteiger partial charge in [0, 0.05) is 16.6 Å². The van der Waals surface area contributed by atoms with Gasteiger partial charge in [-0.05, 0) is 30.3 Å². The maximum absolute atomic E-state index is 13.2. The Morgan fingerprint density at radius 3 is 2.75 bits per heavy atom. The second-order valence-corrected chi connectivity index (χ2v) is 5.23. The quantitative estimate of drug-likeness (QED) is 0.872. The van der Waals surface area contributed by atoms with Crippen LogP contribution in [0.2, 0.25) is 0 Å². The summed E-state index contributed by atoms with van der Waals surface area (Å²) >= 11 is 3.39. The fourth-order valence-corrected chi connectivity index (χ4v) is 1.98. The highest BCUT2D eigenvalue weighted by atomic mass is 79.9. The lowest BCUT2D eigenvalue weighted by Crippen LogP contribution is -2.13. The van der Waals surface area contributed by atoms with Crippen molar-refractivity contribution in [3.63, 3.8) is 0 Å². The third kappa shape index (κ3) is 4.28. The zero-order chi connectivity index (χ0) is 14.4. The van der Waals surface area contributed by atoms with Crippen molar-refractivity contribution in [2.45, 2.75) is 20.1 Å². The summed E-state index contributed by atoms with van der Waals surface area (Å²) in [6.07, 6.45) is 1.17. The molecule has 2 rings (SSSR count). The minimum atomic E-state index is -0.353. The van der Waals surface area contributed by atoms with Gasteiger partial charge in [0.25, 0.3) is 0 Å². The van der Waals surface area contributed by atoms with Gasteiger partial charge in [0.1, 0.15) is 12.4 Å². The van der Waals surface area contributed by atoms with Gasteiger partial charge in [-0.2, -0.15) is 0 Å². The van der Waals surface area contributed by atoms with Crippen LogP contribution in [0.4, 0.5) is 4.39 Å². The van der Waals surface area contributed by atoms with Crippen LogP contribution in [0, 0.1) is 5.82 Å². The second kappa shape index (κ2) is 7.36. The molecule has 3 nitrogen and oxygen atoms in total. The molecule has 0 saturated heterocycles. The molecule has 0 spiro atoms. The van der Waals surface area contributed by atoms with Crippen molar-refractivity contribution in [2.24, 2.45) is 0 Å². The molecule has 0 aliphatic rings. The van der Waals surface area contributed by atoms with E-state index in [0.717, 1.165) is 22.1 Å². The number of nitrogens with zero attached hydrogens (tertiary/aromatic N) is 1. The van der Waals surface area contributed by atoms with E-state index in [4.69, 9.17) is 4.74 Å². The highest BCUT2D eigenvalue weighted by molar-refractivity contribution is 9.10. The maximum atomic E-state index is 13.2. The number of nitrogens with one attached hydrogen (secondary N) is 1. The number of ether oxygens (including phenoxy) is 1. The van der Waals surface area contributed by atoms with E-state index in [0.29, 0.717) is 19.0 Å². The Hall–Kier alpha value is -1.46. The Kier molecular flexibility index (Phi) is 5.49. The molecular formula is C15H16BrFN2O. The predicted molar refractivity (Wildman–Crippen MR) is 80.0 cm³/mol. The number of hydrogen-bond acceptors (Lipinski definition) is 3. The summed E-state index contributed by atoms with van der Waals surface area (Å²) in [5.41, 5.74) is 1.76. The van der Waals surface area contributed by atoms with E-state index in [9.17, 15) is 4.39 Å². The molecule has 0 bridgehead atoms. The van der Waals surface area contributed by atoms with Gasteiger partial charge in [0.15, 0.2) is 0 Å². The fourth-order valence-electron chi connectivity index (χ4n) is 1.72. The fraction of sp³-hybridized carbons (Fsp3) is 0.267. The Morgan fingerprint density at radius 2 is 2.05 bits per heavy atom. The molecule has 0 atom stereocenters. The predicted octanol–water partition coefficient (Wildman–Crippen LogP) is 3.67. The molecule has 1 aromatic carbocycles. The van der Waals surface area contributed by atoms with Crippen molar-refractivity contribution in [2.75, 3.05) is 6.54 Å². The van der Waals surface area contributed by atoms with Crippen LogP contribution in [-0.4, -0.2) is 11.5 Å². The van der Waals surface area contributed by atoms with Crippen LogP contribution >= 0.6 is 15.9 Å². The Labute approximate surface area is 126 Å². The Balaban J connectivity index is 2.06. The van der Waals surface area contributed by atoms with Crippen LogP contribution < -0.4 is 10.1 Å². The van der Waals surface area contributed by atoms with Crippen molar-refractivity contribution in [1.29, 1.82) is 0 Å². The Bertz CT molecular complexity index is 560. The normalized spacial score (nSPS) is 10.6. The second-order valence-electron chi connectivity index (χ2n) is 4.31. The minimum Gasteiger partial charge on any atom is -0.473 e. The van der Waals surface area contributed by atoms with Crippen molar-refractivity contribution in [3.8, 4) is 5.88 Å². The first kappa shape index (κ1) is 14.9. The van der Waals surface area contributed by atoms with E-state index in [2.05, 4.69) is 26.2 Å². The van der Waals surface area contributed by atoms with Crippen LogP contribution in [0.3, 0.4) is 0 Å². The summed E-state index contributed by atoms with van der Waals surface area (Å²) in [5.74, 6) is 0.115. The first-order valence-corrected chi connectivity index (χ1v) is 7.20. The topological polar surface area (TPSA) is 34.2 Å². The number of halogens is 2. The van der Waals surface area contributed by atoms with Crippen LogP contribution in [0.25, 0.3) is 0 Å². The SMILES string of the molecule is CCNCc1cc(F)cnc1OCc1ccc(Br)cc1. The number of aromatic nitrogens is 1. The van der Waals surface area contributed by atoms with Crippen molar-refractivity contribution < 1.29 is 9.13 Å². The van der Waals surface area contributed by atoms with Gasteiger partial charge in [-0.3, -0.25) is 0 Å². The van der Waals surface area contributed by atoms with E-state index in [1.54, 1.807) is 0 Å². The molecule has 0 saturated carbocycles. The molecule has 0 fully saturated rings. The van der Waals surface area contributed by atoms with Crippen LogP contribution in [-0.2, 0) is 13.2 Å². The highest BCUT2D eigenvalue weighted by Gasteiger charge is 2.07. The molecule has 5 heteroatoms. The monoisotopic (exact) mass is 338 g/mol. The summed E-state index contributed by atoms with van der Waals surface area (Å²) in [4.78, 5) is 4.02. The smallest absolute Gasteiger partial charge is 0.218 e. The molecule has 2 aromatic rings. The van der Waals surface area contributed by atoms with Crippen molar-refractivity contribution >= 4 is 15.9 Å². The van der Waals surface area contributed by atoms with Crippen LogP contribution in [0.1, 0.15) is 18.1 Å². The van der Waals surface area contributed by atoms with Crippen molar-refractivity contribution in [3.05, 3.63) is 57.9 Å². The minimum absolute atomic E-state index is 0.353. The van der Waals surface area contributed by atoms with Gasteiger partial charge in [0.05, 0.1) is 6.20 Å². The highest BCUT2D eigenvalue weighted by Crippen LogP contribution is 2.18. The average molecular weight is 339 g/mol. The maximum Gasteiger partial charge on any atom is 0.218 e. The zero-order valence-electron chi connectivity index (χ0n) is 11.2. The lowest BCUT2D eigenvalue weighted by molar-refractivity contribution is 0.288. The number of pyridine rings is 1. The molecule has 1 aromatic heterocycles. The first-order valence-electron chi connectivity index (χ1n) is 6.41. The number of hydrogen-bond donors (Lipinski definition) is 1. The molecule has 0 radical (unpaired) electrons. The van der Waals surface area contributed by atoms with Gasteiger partial charge in [-0.15, -0.1) is 0 Å². The largest absolute Gasteiger partial charge is 0.473 e. The molecule has 0 amide bonds. The van der Waals surface area contributed by atoms with Gasteiger partial charge in [0.2, 0.25) is 5.88 Å². The molecule has 106 valence electrons.